The van der Waals surface area contributed by atoms with Crippen molar-refractivity contribution in [1.29, 1.82) is 0 Å². The summed E-state index contributed by atoms with van der Waals surface area (Å²) in [6.45, 7) is 4.52. The summed E-state index contributed by atoms with van der Waals surface area (Å²) >= 11 is 5.31. The molecule has 0 fully saturated rings. The van der Waals surface area contributed by atoms with Gasteiger partial charge in [-0.2, -0.15) is 0 Å². The molecule has 0 spiro atoms. The molecule has 1 aromatic heterocycles. The van der Waals surface area contributed by atoms with Crippen molar-refractivity contribution in [3.05, 3.63) is 28.3 Å². The van der Waals surface area contributed by atoms with E-state index in [1.54, 1.807) is 14.0 Å². The predicted molar refractivity (Wildman–Crippen MR) is 73.0 cm³/mol. The van der Waals surface area contributed by atoms with Crippen molar-refractivity contribution in [3.63, 3.8) is 0 Å². The van der Waals surface area contributed by atoms with Crippen LogP contribution < -0.4 is 0 Å². The fourth-order valence-corrected chi connectivity index (χ4v) is 2.49. The first-order chi connectivity index (χ1) is 8.54. The molecule has 0 saturated carbocycles. The minimum atomic E-state index is -0.213. The second-order valence-corrected chi connectivity index (χ2v) is 4.94. The lowest BCUT2D eigenvalue weighted by molar-refractivity contribution is 0.181. The number of H-pyrrole nitrogens is 1. The monoisotopic (exact) mass is 268 g/mol. The highest BCUT2D eigenvalue weighted by atomic mass is 32.1. The Kier molecular flexibility index (Phi) is 3.82. The standard InChI is InChI=1S/C13H17FN2OS/c1-8-6-12-11(7-10(8)14)15-13(18)16(12)9(2)4-5-17-3/h6-7,9H,4-5H2,1-3H3,(H,15,18). The first-order valence-corrected chi connectivity index (χ1v) is 6.34. The van der Waals surface area contributed by atoms with Crippen molar-refractivity contribution in [2.45, 2.75) is 26.3 Å². The summed E-state index contributed by atoms with van der Waals surface area (Å²) in [6.07, 6.45) is 0.869. The van der Waals surface area contributed by atoms with Crippen LogP contribution in [0.4, 0.5) is 4.39 Å². The van der Waals surface area contributed by atoms with Gasteiger partial charge >= 0.3 is 0 Å². The van der Waals surface area contributed by atoms with Crippen molar-refractivity contribution in [2.24, 2.45) is 0 Å². The zero-order valence-corrected chi connectivity index (χ0v) is 11.6. The van der Waals surface area contributed by atoms with Crippen LogP contribution in [0.2, 0.25) is 0 Å². The number of fused-ring (bicyclic) bond motifs is 1. The topological polar surface area (TPSA) is 29.9 Å². The van der Waals surface area contributed by atoms with Crippen molar-refractivity contribution in [3.8, 4) is 0 Å². The summed E-state index contributed by atoms with van der Waals surface area (Å²) in [5.74, 6) is -0.213. The lowest BCUT2D eigenvalue weighted by Gasteiger charge is -2.14. The Labute approximate surface area is 111 Å². The van der Waals surface area contributed by atoms with Gasteiger partial charge in [0.25, 0.3) is 0 Å². The minimum absolute atomic E-state index is 0.213. The fraction of sp³-hybridized carbons (Fsp3) is 0.462. The highest BCUT2D eigenvalue weighted by molar-refractivity contribution is 7.71. The Balaban J connectivity index is 2.53. The SMILES string of the molecule is COCCC(C)n1c(=S)[nH]c2cc(F)c(C)cc21. The Morgan fingerprint density at radius 2 is 2.22 bits per heavy atom. The maximum atomic E-state index is 13.5. The molecule has 1 heterocycles. The molecule has 1 aromatic carbocycles. The molecule has 1 atom stereocenters. The average Bonchev–Trinajstić information content (AvgIpc) is 2.62. The smallest absolute Gasteiger partial charge is 0.178 e. The molecular formula is C13H17FN2OS. The molecule has 0 radical (unpaired) electrons. The summed E-state index contributed by atoms with van der Waals surface area (Å²) < 4.78 is 21.2. The third-order valence-corrected chi connectivity index (χ3v) is 3.48. The van der Waals surface area contributed by atoms with Gasteiger partial charge in [-0.15, -0.1) is 0 Å². The number of benzene rings is 1. The third-order valence-electron chi connectivity index (χ3n) is 3.18. The third kappa shape index (κ3) is 2.33. The molecule has 0 aliphatic carbocycles. The van der Waals surface area contributed by atoms with Gasteiger partial charge in [-0.1, -0.05) is 0 Å². The number of aryl methyl sites for hydroxylation is 1. The predicted octanol–water partition coefficient (Wildman–Crippen LogP) is 3.74. The van der Waals surface area contributed by atoms with Crippen molar-refractivity contribution in [1.82, 2.24) is 9.55 Å². The van der Waals surface area contributed by atoms with E-state index >= 15 is 0 Å². The van der Waals surface area contributed by atoms with Crippen LogP contribution >= 0.6 is 12.2 Å². The fourth-order valence-electron chi connectivity index (χ4n) is 2.11. The molecule has 5 heteroatoms. The van der Waals surface area contributed by atoms with Gasteiger partial charge in [-0.05, 0) is 50.2 Å². The van der Waals surface area contributed by atoms with Crippen molar-refractivity contribution in [2.75, 3.05) is 13.7 Å². The van der Waals surface area contributed by atoms with E-state index in [1.165, 1.54) is 6.07 Å². The van der Waals surface area contributed by atoms with Gasteiger partial charge in [-0.3, -0.25) is 0 Å². The molecule has 0 saturated heterocycles. The quantitative estimate of drug-likeness (QED) is 0.856. The molecule has 2 aromatic rings. The lowest BCUT2D eigenvalue weighted by Crippen LogP contribution is -2.08. The van der Waals surface area contributed by atoms with Gasteiger partial charge in [-0.25, -0.2) is 4.39 Å². The molecule has 98 valence electrons. The molecule has 18 heavy (non-hydrogen) atoms. The molecular weight excluding hydrogens is 251 g/mol. The van der Waals surface area contributed by atoms with E-state index in [4.69, 9.17) is 17.0 Å². The molecule has 0 aliphatic rings. The summed E-state index contributed by atoms with van der Waals surface area (Å²) in [6, 6.07) is 3.55. The van der Waals surface area contributed by atoms with Gasteiger partial charge in [0.15, 0.2) is 4.77 Å². The van der Waals surface area contributed by atoms with Gasteiger partial charge in [0.2, 0.25) is 0 Å². The van der Waals surface area contributed by atoms with E-state index in [9.17, 15) is 4.39 Å². The zero-order chi connectivity index (χ0) is 13.3. The summed E-state index contributed by atoms with van der Waals surface area (Å²) in [4.78, 5) is 3.05. The number of halogens is 1. The van der Waals surface area contributed by atoms with Crippen molar-refractivity contribution >= 4 is 23.3 Å². The Morgan fingerprint density at radius 1 is 1.50 bits per heavy atom. The molecule has 0 aliphatic heterocycles. The summed E-state index contributed by atoms with van der Waals surface area (Å²) in [7, 11) is 1.68. The van der Waals surface area contributed by atoms with E-state index in [0.29, 0.717) is 16.9 Å². The summed E-state index contributed by atoms with van der Waals surface area (Å²) in [5.41, 5.74) is 2.32. The highest BCUT2D eigenvalue weighted by Crippen LogP contribution is 2.23. The van der Waals surface area contributed by atoms with Crippen molar-refractivity contribution < 1.29 is 9.13 Å². The second kappa shape index (κ2) is 5.20. The lowest BCUT2D eigenvalue weighted by atomic mass is 10.2. The zero-order valence-electron chi connectivity index (χ0n) is 10.8. The van der Waals surface area contributed by atoms with Gasteiger partial charge in [0.1, 0.15) is 5.82 Å². The molecule has 2 rings (SSSR count). The van der Waals surface area contributed by atoms with E-state index in [2.05, 4.69) is 11.9 Å². The highest BCUT2D eigenvalue weighted by Gasteiger charge is 2.12. The van der Waals surface area contributed by atoms with E-state index < -0.39 is 0 Å². The van der Waals surface area contributed by atoms with Crippen LogP contribution in [0.25, 0.3) is 11.0 Å². The Morgan fingerprint density at radius 3 is 2.89 bits per heavy atom. The normalized spacial score (nSPS) is 13.1. The first kappa shape index (κ1) is 13.2. The van der Waals surface area contributed by atoms with Crippen LogP contribution in [0.1, 0.15) is 24.9 Å². The molecule has 1 unspecified atom stereocenters. The van der Waals surface area contributed by atoms with E-state index in [-0.39, 0.29) is 11.9 Å². The van der Waals surface area contributed by atoms with Gasteiger partial charge < -0.3 is 14.3 Å². The number of rotatable bonds is 4. The minimum Gasteiger partial charge on any atom is -0.385 e. The molecule has 0 amide bonds. The van der Waals surface area contributed by atoms with E-state index in [0.717, 1.165) is 17.5 Å². The maximum absolute atomic E-state index is 13.5. The van der Waals surface area contributed by atoms with Gasteiger partial charge in [0.05, 0.1) is 11.0 Å². The second-order valence-electron chi connectivity index (χ2n) is 4.55. The Bertz CT molecular complexity index is 617. The average molecular weight is 268 g/mol. The summed E-state index contributed by atoms with van der Waals surface area (Å²) in [5, 5.41) is 0. The molecule has 1 N–H and O–H groups in total. The number of aromatic nitrogens is 2. The number of hydrogen-bond acceptors (Lipinski definition) is 2. The first-order valence-electron chi connectivity index (χ1n) is 5.94. The van der Waals surface area contributed by atoms with Crippen LogP contribution in [0, 0.1) is 17.5 Å². The number of hydrogen-bond donors (Lipinski definition) is 1. The number of ether oxygens (including phenoxy) is 1. The largest absolute Gasteiger partial charge is 0.385 e. The number of nitrogens with one attached hydrogen (secondary N) is 1. The van der Waals surface area contributed by atoms with Crippen LogP contribution in [0.3, 0.4) is 0 Å². The van der Waals surface area contributed by atoms with Gasteiger partial charge in [0, 0.05) is 19.8 Å². The number of methoxy groups -OCH3 is 1. The van der Waals surface area contributed by atoms with Crippen LogP contribution in [-0.4, -0.2) is 23.3 Å². The maximum Gasteiger partial charge on any atom is 0.178 e. The van der Waals surface area contributed by atoms with Crippen LogP contribution in [0.5, 0.6) is 0 Å². The Hall–Kier alpha value is -1.20. The number of aromatic amines is 1. The van der Waals surface area contributed by atoms with Crippen LogP contribution in [-0.2, 0) is 4.74 Å². The van der Waals surface area contributed by atoms with Crippen LogP contribution in [0.15, 0.2) is 12.1 Å². The number of imidazole rings is 1. The molecule has 3 nitrogen and oxygen atoms in total. The van der Waals surface area contributed by atoms with E-state index in [1.807, 2.05) is 10.6 Å². The number of nitrogens with zero attached hydrogens (tertiary/aromatic N) is 1. The molecule has 0 bridgehead atoms.